The van der Waals surface area contributed by atoms with E-state index in [0.29, 0.717) is 5.92 Å². The van der Waals surface area contributed by atoms with Gasteiger partial charge in [0.15, 0.2) is 0 Å². The topological polar surface area (TPSA) is 49.3 Å². The first-order valence-electron chi connectivity index (χ1n) is 7.02. The highest BCUT2D eigenvalue weighted by Gasteiger charge is 2.33. The number of nitrogens with one attached hydrogen (secondary N) is 1. The average molecular weight is 239 g/mol. The molecule has 0 aromatic rings. The minimum Gasteiger partial charge on any atom is -0.480 e. The Morgan fingerprint density at radius 1 is 1.06 bits per heavy atom. The van der Waals surface area contributed by atoms with Crippen molar-refractivity contribution in [2.45, 2.75) is 52.0 Å². The van der Waals surface area contributed by atoms with Crippen LogP contribution in [0.25, 0.3) is 0 Å². The summed E-state index contributed by atoms with van der Waals surface area (Å²) in [4.78, 5) is 10.9. The SMILES string of the molecule is CC1CC(C)CC(C2CCC(C(=O)O)NC2)C1. The molecule has 0 spiro atoms. The maximum absolute atomic E-state index is 10.9. The predicted octanol–water partition coefficient (Wildman–Crippen LogP) is 2.51. The molecule has 3 heteroatoms. The first-order valence-corrected chi connectivity index (χ1v) is 7.02. The van der Waals surface area contributed by atoms with Gasteiger partial charge in [0.1, 0.15) is 6.04 Å². The van der Waals surface area contributed by atoms with Crippen molar-refractivity contribution in [2.24, 2.45) is 23.7 Å². The zero-order chi connectivity index (χ0) is 12.4. The van der Waals surface area contributed by atoms with Crippen LogP contribution >= 0.6 is 0 Å². The largest absolute Gasteiger partial charge is 0.480 e. The van der Waals surface area contributed by atoms with Gasteiger partial charge in [0.25, 0.3) is 0 Å². The first-order chi connectivity index (χ1) is 8.06. The van der Waals surface area contributed by atoms with Crippen molar-refractivity contribution in [3.05, 3.63) is 0 Å². The van der Waals surface area contributed by atoms with E-state index in [1.807, 2.05) is 0 Å². The van der Waals surface area contributed by atoms with Gasteiger partial charge < -0.3 is 10.4 Å². The van der Waals surface area contributed by atoms with Gasteiger partial charge in [0, 0.05) is 0 Å². The Kier molecular flexibility index (Phi) is 4.08. The van der Waals surface area contributed by atoms with Gasteiger partial charge in [-0.25, -0.2) is 0 Å². The number of carboxylic acid groups (broad SMARTS) is 1. The molecule has 0 aromatic carbocycles. The van der Waals surface area contributed by atoms with Crippen LogP contribution in [0.4, 0.5) is 0 Å². The summed E-state index contributed by atoms with van der Waals surface area (Å²) >= 11 is 0. The Labute approximate surface area is 104 Å². The van der Waals surface area contributed by atoms with E-state index in [9.17, 15) is 4.79 Å². The van der Waals surface area contributed by atoms with Crippen LogP contribution in [0.2, 0.25) is 0 Å². The molecule has 1 saturated carbocycles. The summed E-state index contributed by atoms with van der Waals surface area (Å²) < 4.78 is 0. The molecule has 17 heavy (non-hydrogen) atoms. The molecule has 98 valence electrons. The fourth-order valence-electron chi connectivity index (χ4n) is 3.89. The summed E-state index contributed by atoms with van der Waals surface area (Å²) in [5.41, 5.74) is 0. The fourth-order valence-corrected chi connectivity index (χ4v) is 3.89. The lowest BCUT2D eigenvalue weighted by Crippen LogP contribution is -2.46. The third-order valence-corrected chi connectivity index (χ3v) is 4.63. The molecule has 1 heterocycles. The summed E-state index contributed by atoms with van der Waals surface area (Å²) in [7, 11) is 0. The van der Waals surface area contributed by atoms with Crippen LogP contribution in [0.3, 0.4) is 0 Å². The second-order valence-corrected chi connectivity index (χ2v) is 6.31. The molecule has 3 nitrogen and oxygen atoms in total. The summed E-state index contributed by atoms with van der Waals surface area (Å²) in [5.74, 6) is 2.53. The Bertz CT molecular complexity index is 261. The zero-order valence-electron chi connectivity index (χ0n) is 11.0. The number of carbonyl (C=O) groups is 1. The van der Waals surface area contributed by atoms with Crippen molar-refractivity contribution in [1.82, 2.24) is 5.32 Å². The summed E-state index contributed by atoms with van der Waals surface area (Å²) in [6, 6.07) is -0.301. The third-order valence-electron chi connectivity index (χ3n) is 4.63. The Balaban J connectivity index is 1.85. The first kappa shape index (κ1) is 12.9. The van der Waals surface area contributed by atoms with Crippen molar-refractivity contribution in [3.8, 4) is 0 Å². The van der Waals surface area contributed by atoms with Crippen molar-refractivity contribution in [3.63, 3.8) is 0 Å². The van der Waals surface area contributed by atoms with Gasteiger partial charge in [-0.3, -0.25) is 4.79 Å². The molecule has 1 aliphatic heterocycles. The van der Waals surface area contributed by atoms with Gasteiger partial charge >= 0.3 is 5.97 Å². The van der Waals surface area contributed by atoms with Crippen LogP contribution in [0, 0.1) is 23.7 Å². The minimum atomic E-state index is -0.686. The van der Waals surface area contributed by atoms with Crippen molar-refractivity contribution in [1.29, 1.82) is 0 Å². The number of hydrogen-bond acceptors (Lipinski definition) is 2. The second kappa shape index (κ2) is 5.38. The predicted molar refractivity (Wildman–Crippen MR) is 67.8 cm³/mol. The van der Waals surface area contributed by atoms with E-state index in [-0.39, 0.29) is 6.04 Å². The van der Waals surface area contributed by atoms with E-state index in [4.69, 9.17) is 5.11 Å². The van der Waals surface area contributed by atoms with E-state index in [1.165, 1.54) is 19.3 Å². The average Bonchev–Trinajstić information content (AvgIpc) is 2.28. The van der Waals surface area contributed by atoms with Gasteiger partial charge in [0.05, 0.1) is 0 Å². The van der Waals surface area contributed by atoms with Gasteiger partial charge in [-0.1, -0.05) is 13.8 Å². The lowest BCUT2D eigenvalue weighted by Gasteiger charge is -2.39. The van der Waals surface area contributed by atoms with Crippen LogP contribution in [0.15, 0.2) is 0 Å². The minimum absolute atomic E-state index is 0.301. The molecule has 1 aliphatic carbocycles. The fraction of sp³-hybridized carbons (Fsp3) is 0.929. The van der Waals surface area contributed by atoms with Crippen molar-refractivity contribution in [2.75, 3.05) is 6.54 Å². The van der Waals surface area contributed by atoms with Crippen LogP contribution < -0.4 is 5.32 Å². The summed E-state index contributed by atoms with van der Waals surface area (Å²) in [6.45, 7) is 5.62. The van der Waals surface area contributed by atoms with Crippen molar-refractivity contribution >= 4 is 5.97 Å². The lowest BCUT2D eigenvalue weighted by atomic mass is 9.69. The highest BCUT2D eigenvalue weighted by Crippen LogP contribution is 2.39. The van der Waals surface area contributed by atoms with E-state index in [2.05, 4.69) is 19.2 Å². The maximum Gasteiger partial charge on any atom is 0.320 e. The van der Waals surface area contributed by atoms with Gasteiger partial charge in [0.2, 0.25) is 0 Å². The molecule has 0 radical (unpaired) electrons. The normalized spacial score (nSPS) is 43.3. The second-order valence-electron chi connectivity index (χ2n) is 6.31. The smallest absolute Gasteiger partial charge is 0.320 e. The van der Waals surface area contributed by atoms with E-state index >= 15 is 0 Å². The Hall–Kier alpha value is -0.570. The number of piperidine rings is 1. The van der Waals surface area contributed by atoms with Gasteiger partial charge in [-0.2, -0.15) is 0 Å². The Morgan fingerprint density at radius 3 is 2.18 bits per heavy atom. The van der Waals surface area contributed by atoms with E-state index < -0.39 is 5.97 Å². The molecule has 2 rings (SSSR count). The standard InChI is InChI=1S/C14H25NO2/c1-9-5-10(2)7-12(6-9)11-3-4-13(14(16)17)15-8-11/h9-13,15H,3-8H2,1-2H3,(H,16,17). The molecule has 4 atom stereocenters. The quantitative estimate of drug-likeness (QED) is 0.778. The van der Waals surface area contributed by atoms with Crippen LogP contribution in [-0.2, 0) is 4.79 Å². The summed E-state index contributed by atoms with van der Waals surface area (Å²) in [5, 5.41) is 12.2. The lowest BCUT2D eigenvalue weighted by molar-refractivity contribution is -0.140. The molecule has 4 unspecified atom stereocenters. The molecule has 2 fully saturated rings. The van der Waals surface area contributed by atoms with Crippen LogP contribution in [0.1, 0.15) is 46.0 Å². The highest BCUT2D eigenvalue weighted by molar-refractivity contribution is 5.73. The van der Waals surface area contributed by atoms with Crippen LogP contribution in [0.5, 0.6) is 0 Å². The third kappa shape index (κ3) is 3.21. The number of rotatable bonds is 2. The molecule has 1 saturated heterocycles. The van der Waals surface area contributed by atoms with E-state index in [1.54, 1.807) is 0 Å². The molecular formula is C14H25NO2. The molecule has 0 aromatic heterocycles. The molecule has 0 amide bonds. The number of hydrogen-bond donors (Lipinski definition) is 2. The summed E-state index contributed by atoms with van der Waals surface area (Å²) in [6.07, 6.45) is 5.95. The van der Waals surface area contributed by atoms with Crippen molar-refractivity contribution < 1.29 is 9.90 Å². The number of aliphatic carboxylic acids is 1. The maximum atomic E-state index is 10.9. The van der Waals surface area contributed by atoms with Gasteiger partial charge in [-0.05, 0) is 62.3 Å². The molecular weight excluding hydrogens is 214 g/mol. The molecule has 2 N–H and O–H groups in total. The monoisotopic (exact) mass is 239 g/mol. The molecule has 0 bridgehead atoms. The Morgan fingerprint density at radius 2 is 1.71 bits per heavy atom. The van der Waals surface area contributed by atoms with Crippen LogP contribution in [-0.4, -0.2) is 23.7 Å². The van der Waals surface area contributed by atoms with E-state index in [0.717, 1.165) is 37.1 Å². The zero-order valence-corrected chi connectivity index (χ0v) is 11.0. The molecule has 2 aliphatic rings. The van der Waals surface area contributed by atoms with Gasteiger partial charge in [-0.15, -0.1) is 0 Å². The highest BCUT2D eigenvalue weighted by atomic mass is 16.4. The number of carboxylic acids is 1.